The van der Waals surface area contributed by atoms with Gasteiger partial charge < -0.3 is 10.4 Å². The van der Waals surface area contributed by atoms with Crippen LogP contribution in [0.2, 0.25) is 0 Å². The van der Waals surface area contributed by atoms with Crippen LogP contribution in [0.25, 0.3) is 10.1 Å². The molecule has 3 heterocycles. The Morgan fingerprint density at radius 3 is 2.38 bits per heavy atom. The zero-order valence-electron chi connectivity index (χ0n) is 16.7. The molecule has 0 saturated carbocycles. The van der Waals surface area contributed by atoms with E-state index >= 15 is 0 Å². The van der Waals surface area contributed by atoms with Gasteiger partial charge in [-0.05, 0) is 47.3 Å². The van der Waals surface area contributed by atoms with Crippen LogP contribution >= 0.6 is 11.3 Å². The Bertz CT molecular complexity index is 1300. The van der Waals surface area contributed by atoms with Crippen LogP contribution in [-0.2, 0) is 4.79 Å². The highest BCUT2D eigenvalue weighted by Gasteiger charge is 2.38. The Morgan fingerprint density at radius 2 is 1.72 bits per heavy atom. The second-order valence-electron chi connectivity index (χ2n) is 7.42. The van der Waals surface area contributed by atoms with E-state index in [1.165, 1.54) is 23.5 Å². The van der Waals surface area contributed by atoms with E-state index in [4.69, 9.17) is 0 Å². The van der Waals surface area contributed by atoms with E-state index in [1.807, 2.05) is 12.1 Å². The highest BCUT2D eigenvalue weighted by Crippen LogP contribution is 2.31. The van der Waals surface area contributed by atoms with Gasteiger partial charge in [-0.3, -0.25) is 24.3 Å². The van der Waals surface area contributed by atoms with Crippen molar-refractivity contribution >= 4 is 44.1 Å². The maximum Gasteiger partial charge on any atom is 0.261 e. The van der Waals surface area contributed by atoms with Crippen LogP contribution in [0.15, 0.2) is 73.1 Å². The number of phenols is 1. The minimum atomic E-state index is -0.818. The van der Waals surface area contributed by atoms with Gasteiger partial charge in [0.2, 0.25) is 5.91 Å². The van der Waals surface area contributed by atoms with Crippen LogP contribution in [0.5, 0.6) is 5.75 Å². The second kappa shape index (κ2) is 7.90. The number of fused-ring (bicyclic) bond motifs is 2. The number of aromatic hydroxyl groups is 1. The van der Waals surface area contributed by atoms with E-state index in [1.54, 1.807) is 48.8 Å². The summed E-state index contributed by atoms with van der Waals surface area (Å²) in [6.45, 7) is -0.116. The highest BCUT2D eigenvalue weighted by atomic mass is 32.1. The number of rotatable bonds is 5. The van der Waals surface area contributed by atoms with Crippen molar-refractivity contribution in [1.29, 1.82) is 0 Å². The number of benzene rings is 2. The van der Waals surface area contributed by atoms with Crippen LogP contribution in [0, 0.1) is 0 Å². The number of aromatic nitrogens is 1. The molecule has 2 aromatic carbocycles. The van der Waals surface area contributed by atoms with Gasteiger partial charge in [0.25, 0.3) is 11.8 Å². The highest BCUT2D eigenvalue weighted by molar-refractivity contribution is 7.22. The number of pyridine rings is 1. The molecule has 2 aromatic heterocycles. The quantitative estimate of drug-likeness (QED) is 0.454. The number of imide groups is 1. The van der Waals surface area contributed by atoms with Crippen molar-refractivity contribution in [1.82, 2.24) is 9.88 Å². The molecule has 2 N–H and O–H groups in total. The molecule has 0 aliphatic carbocycles. The molecule has 1 unspecified atom stereocenters. The molecule has 3 amide bonds. The zero-order valence-corrected chi connectivity index (χ0v) is 17.5. The smallest absolute Gasteiger partial charge is 0.261 e. The average molecular weight is 443 g/mol. The predicted octanol–water partition coefficient (Wildman–Crippen LogP) is 4.02. The molecule has 5 rings (SSSR count). The lowest BCUT2D eigenvalue weighted by Crippen LogP contribution is -2.38. The molecule has 1 aliphatic rings. The van der Waals surface area contributed by atoms with Gasteiger partial charge >= 0.3 is 0 Å². The molecule has 8 heteroatoms. The van der Waals surface area contributed by atoms with E-state index in [-0.39, 0.29) is 18.2 Å². The van der Waals surface area contributed by atoms with E-state index in [9.17, 15) is 19.5 Å². The van der Waals surface area contributed by atoms with Crippen molar-refractivity contribution in [2.45, 2.75) is 5.92 Å². The third kappa shape index (κ3) is 3.50. The van der Waals surface area contributed by atoms with Crippen LogP contribution in [0.4, 0.5) is 5.00 Å². The molecule has 0 saturated heterocycles. The van der Waals surface area contributed by atoms with E-state index < -0.39 is 17.7 Å². The summed E-state index contributed by atoms with van der Waals surface area (Å²) in [5.74, 6) is -1.95. The molecule has 158 valence electrons. The van der Waals surface area contributed by atoms with Gasteiger partial charge in [0, 0.05) is 18.9 Å². The number of anilines is 1. The second-order valence-corrected chi connectivity index (χ2v) is 8.51. The van der Waals surface area contributed by atoms with Crippen LogP contribution < -0.4 is 5.32 Å². The molecule has 7 nitrogen and oxygen atoms in total. The summed E-state index contributed by atoms with van der Waals surface area (Å²) < 4.78 is 0.935. The lowest BCUT2D eigenvalue weighted by molar-refractivity contribution is -0.117. The number of carbonyl (C=O) groups is 3. The fourth-order valence-corrected chi connectivity index (χ4v) is 4.72. The molecular weight excluding hydrogens is 426 g/mol. The maximum absolute atomic E-state index is 13.3. The van der Waals surface area contributed by atoms with Gasteiger partial charge in [-0.2, -0.15) is 0 Å². The van der Waals surface area contributed by atoms with Crippen molar-refractivity contribution in [3.05, 3.63) is 89.7 Å². The van der Waals surface area contributed by atoms with Gasteiger partial charge in [-0.15, -0.1) is 11.3 Å². The Balaban J connectivity index is 1.45. The first kappa shape index (κ1) is 19.9. The first-order chi connectivity index (χ1) is 15.5. The molecule has 1 aliphatic heterocycles. The monoisotopic (exact) mass is 443 g/mol. The summed E-state index contributed by atoms with van der Waals surface area (Å²) in [6.07, 6.45) is 3.41. The number of hydrogen-bond donors (Lipinski definition) is 2. The molecule has 0 fully saturated rings. The van der Waals surface area contributed by atoms with Crippen molar-refractivity contribution in [2.24, 2.45) is 0 Å². The first-order valence-electron chi connectivity index (χ1n) is 9.90. The standard InChI is InChI=1S/C24H17N3O4S/c28-16-7-5-14(6-8-16)19(13-27-23(30)17-3-1-2-4-18(17)24(27)31)22(29)26-21-11-15-9-10-25-12-20(15)32-21/h1-12,19,28H,13H2,(H,26,29). The van der Waals surface area contributed by atoms with Crippen LogP contribution in [-0.4, -0.2) is 39.3 Å². The van der Waals surface area contributed by atoms with Gasteiger partial charge in [-0.25, -0.2) is 0 Å². The molecule has 1 atom stereocenters. The summed E-state index contributed by atoms with van der Waals surface area (Å²) in [5.41, 5.74) is 1.25. The number of hydrogen-bond acceptors (Lipinski definition) is 6. The van der Waals surface area contributed by atoms with Crippen LogP contribution in [0.3, 0.4) is 0 Å². The molecular formula is C24H17N3O4S. The maximum atomic E-state index is 13.3. The molecule has 32 heavy (non-hydrogen) atoms. The predicted molar refractivity (Wildman–Crippen MR) is 121 cm³/mol. The van der Waals surface area contributed by atoms with Gasteiger partial charge in [0.15, 0.2) is 0 Å². The van der Waals surface area contributed by atoms with E-state index in [0.29, 0.717) is 21.7 Å². The largest absolute Gasteiger partial charge is 0.508 e. The fourth-order valence-electron chi connectivity index (χ4n) is 3.79. The third-order valence-electron chi connectivity index (χ3n) is 5.42. The van der Waals surface area contributed by atoms with Crippen LogP contribution in [0.1, 0.15) is 32.2 Å². The Hall–Kier alpha value is -4.04. The van der Waals surface area contributed by atoms with E-state index in [2.05, 4.69) is 10.3 Å². The molecule has 0 radical (unpaired) electrons. The van der Waals surface area contributed by atoms with Gasteiger partial charge in [0.1, 0.15) is 5.75 Å². The normalized spacial score (nSPS) is 13.9. The molecule has 0 bridgehead atoms. The zero-order chi connectivity index (χ0) is 22.2. The summed E-state index contributed by atoms with van der Waals surface area (Å²) in [6, 6.07) is 16.5. The fraction of sp³-hybridized carbons (Fsp3) is 0.0833. The summed E-state index contributed by atoms with van der Waals surface area (Å²) in [7, 11) is 0. The van der Waals surface area contributed by atoms with Crippen molar-refractivity contribution in [3.8, 4) is 5.75 Å². The van der Waals surface area contributed by atoms with Crippen molar-refractivity contribution in [3.63, 3.8) is 0 Å². The van der Waals surface area contributed by atoms with E-state index in [0.717, 1.165) is 15.0 Å². The number of nitrogens with zero attached hydrogens (tertiary/aromatic N) is 2. The lowest BCUT2D eigenvalue weighted by Gasteiger charge is -2.22. The Kier molecular flexibility index (Phi) is 4.91. The SMILES string of the molecule is O=C(Nc1cc2ccncc2s1)C(CN1C(=O)c2ccccc2C1=O)c1ccc(O)cc1. The lowest BCUT2D eigenvalue weighted by atomic mass is 9.97. The molecule has 4 aromatic rings. The van der Waals surface area contributed by atoms with Crippen molar-refractivity contribution < 1.29 is 19.5 Å². The number of nitrogens with one attached hydrogen (secondary N) is 1. The summed E-state index contributed by atoms with van der Waals surface area (Å²) in [4.78, 5) is 44.2. The van der Waals surface area contributed by atoms with Crippen molar-refractivity contribution in [2.75, 3.05) is 11.9 Å². The van der Waals surface area contributed by atoms with Gasteiger partial charge in [-0.1, -0.05) is 24.3 Å². The topological polar surface area (TPSA) is 99.6 Å². The number of amides is 3. The number of carbonyl (C=O) groups excluding carboxylic acids is 3. The summed E-state index contributed by atoms with van der Waals surface area (Å²) in [5, 5.41) is 14.2. The minimum Gasteiger partial charge on any atom is -0.508 e. The Morgan fingerprint density at radius 1 is 1.03 bits per heavy atom. The molecule has 0 spiro atoms. The first-order valence-corrected chi connectivity index (χ1v) is 10.7. The summed E-state index contributed by atoms with van der Waals surface area (Å²) >= 11 is 1.39. The number of thiophene rings is 1. The Labute approximate surface area is 186 Å². The minimum absolute atomic E-state index is 0.0608. The average Bonchev–Trinajstić information content (AvgIpc) is 3.31. The number of phenolic OH excluding ortho intramolecular Hbond substituents is 1. The third-order valence-corrected chi connectivity index (χ3v) is 6.43. The van der Waals surface area contributed by atoms with Gasteiger partial charge in [0.05, 0.1) is 26.7 Å².